The van der Waals surface area contributed by atoms with Gasteiger partial charge < -0.3 is 10.1 Å². The summed E-state index contributed by atoms with van der Waals surface area (Å²) >= 11 is 0. The monoisotopic (exact) mass is 276 g/mol. The van der Waals surface area contributed by atoms with Crippen LogP contribution in [0.15, 0.2) is 24.3 Å². The molecule has 1 aliphatic rings. The van der Waals surface area contributed by atoms with Gasteiger partial charge in [-0.1, -0.05) is 19.1 Å². The summed E-state index contributed by atoms with van der Waals surface area (Å²) in [5.74, 6) is 1.86. The summed E-state index contributed by atoms with van der Waals surface area (Å²) in [6, 6.07) is 8.29. The van der Waals surface area contributed by atoms with Gasteiger partial charge in [0.25, 0.3) is 0 Å². The van der Waals surface area contributed by atoms with Crippen LogP contribution in [0.25, 0.3) is 0 Å². The minimum atomic E-state index is 0.793. The van der Waals surface area contributed by atoms with Crippen molar-refractivity contribution in [3.8, 4) is 5.75 Å². The average Bonchev–Trinajstić information content (AvgIpc) is 2.46. The first-order chi connectivity index (χ1) is 9.78. The molecule has 3 nitrogen and oxygen atoms in total. The second-order valence-electron chi connectivity index (χ2n) is 5.76. The molecule has 3 heteroatoms. The van der Waals surface area contributed by atoms with Crippen LogP contribution in [0, 0.1) is 12.8 Å². The molecule has 20 heavy (non-hydrogen) atoms. The van der Waals surface area contributed by atoms with Gasteiger partial charge in [0.1, 0.15) is 12.4 Å². The highest BCUT2D eigenvalue weighted by atomic mass is 16.5. The fraction of sp³-hybridized carbons (Fsp3) is 0.647. The predicted molar refractivity (Wildman–Crippen MR) is 84.4 cm³/mol. The number of nitrogens with zero attached hydrogens (tertiary/aromatic N) is 1. The summed E-state index contributed by atoms with van der Waals surface area (Å²) in [7, 11) is 0. The van der Waals surface area contributed by atoms with Gasteiger partial charge in [0.05, 0.1) is 0 Å². The second kappa shape index (κ2) is 8.28. The highest BCUT2D eigenvalue weighted by Crippen LogP contribution is 2.16. The predicted octanol–water partition coefficient (Wildman–Crippen LogP) is 2.70. The number of benzene rings is 1. The molecule has 0 radical (unpaired) electrons. The van der Waals surface area contributed by atoms with E-state index in [4.69, 9.17) is 4.74 Å². The summed E-state index contributed by atoms with van der Waals surface area (Å²) in [5, 5.41) is 3.46. The lowest BCUT2D eigenvalue weighted by Gasteiger charge is -2.31. The van der Waals surface area contributed by atoms with Crippen molar-refractivity contribution in [2.24, 2.45) is 5.92 Å². The SMILES string of the molecule is CCNCC1CCN(CCOc2cccc(C)c2)CC1. The van der Waals surface area contributed by atoms with Crippen LogP contribution in [-0.2, 0) is 0 Å². The van der Waals surface area contributed by atoms with Crippen LogP contribution in [-0.4, -0.2) is 44.2 Å². The minimum absolute atomic E-state index is 0.793. The Balaban J connectivity index is 1.61. The Hall–Kier alpha value is -1.06. The summed E-state index contributed by atoms with van der Waals surface area (Å²) < 4.78 is 5.83. The molecular weight excluding hydrogens is 248 g/mol. The van der Waals surface area contributed by atoms with Crippen molar-refractivity contribution in [3.05, 3.63) is 29.8 Å². The van der Waals surface area contributed by atoms with Crippen LogP contribution < -0.4 is 10.1 Å². The molecule has 1 N–H and O–H groups in total. The van der Waals surface area contributed by atoms with E-state index in [2.05, 4.69) is 42.3 Å². The van der Waals surface area contributed by atoms with Crippen molar-refractivity contribution in [1.82, 2.24) is 10.2 Å². The summed E-state index contributed by atoms with van der Waals surface area (Å²) in [5.41, 5.74) is 1.26. The Bertz CT molecular complexity index is 386. The molecule has 0 amide bonds. The third kappa shape index (κ3) is 5.14. The smallest absolute Gasteiger partial charge is 0.119 e. The third-order valence-electron chi connectivity index (χ3n) is 4.06. The summed E-state index contributed by atoms with van der Waals surface area (Å²) in [6.07, 6.45) is 2.63. The standard InChI is InChI=1S/C17H28N2O/c1-3-18-14-16-7-9-19(10-8-16)11-12-20-17-6-4-5-15(2)13-17/h4-6,13,16,18H,3,7-12,14H2,1-2H3. The highest BCUT2D eigenvalue weighted by Gasteiger charge is 2.18. The molecular formula is C17H28N2O. The zero-order valence-corrected chi connectivity index (χ0v) is 12.9. The molecule has 2 rings (SSSR count). The summed E-state index contributed by atoms with van der Waals surface area (Å²) in [6.45, 7) is 10.8. The number of piperidine rings is 1. The second-order valence-corrected chi connectivity index (χ2v) is 5.76. The number of ether oxygens (including phenoxy) is 1. The van der Waals surface area contributed by atoms with Crippen molar-refractivity contribution in [2.75, 3.05) is 39.3 Å². The van der Waals surface area contributed by atoms with E-state index in [0.717, 1.165) is 31.4 Å². The van der Waals surface area contributed by atoms with Crippen LogP contribution in [0.5, 0.6) is 5.75 Å². The maximum atomic E-state index is 5.83. The zero-order chi connectivity index (χ0) is 14.2. The van der Waals surface area contributed by atoms with Gasteiger partial charge in [-0.15, -0.1) is 0 Å². The zero-order valence-electron chi connectivity index (χ0n) is 12.9. The highest BCUT2D eigenvalue weighted by molar-refractivity contribution is 5.27. The third-order valence-corrected chi connectivity index (χ3v) is 4.06. The molecule has 0 aromatic heterocycles. The number of rotatable bonds is 7. The molecule has 0 unspecified atom stereocenters. The lowest BCUT2D eigenvalue weighted by molar-refractivity contribution is 0.154. The quantitative estimate of drug-likeness (QED) is 0.828. The van der Waals surface area contributed by atoms with E-state index in [1.54, 1.807) is 0 Å². The fourth-order valence-corrected chi connectivity index (χ4v) is 2.76. The molecule has 0 bridgehead atoms. The van der Waals surface area contributed by atoms with E-state index in [1.165, 1.54) is 38.0 Å². The maximum Gasteiger partial charge on any atom is 0.119 e. The van der Waals surface area contributed by atoms with E-state index >= 15 is 0 Å². The van der Waals surface area contributed by atoms with Crippen molar-refractivity contribution in [1.29, 1.82) is 0 Å². The first-order valence-electron chi connectivity index (χ1n) is 7.90. The molecule has 1 saturated heterocycles. The van der Waals surface area contributed by atoms with Crippen molar-refractivity contribution in [2.45, 2.75) is 26.7 Å². The van der Waals surface area contributed by atoms with Crippen LogP contribution >= 0.6 is 0 Å². The number of hydrogen-bond donors (Lipinski definition) is 1. The van der Waals surface area contributed by atoms with Crippen LogP contribution in [0.4, 0.5) is 0 Å². The van der Waals surface area contributed by atoms with E-state index in [9.17, 15) is 0 Å². The van der Waals surface area contributed by atoms with Crippen molar-refractivity contribution < 1.29 is 4.74 Å². The lowest BCUT2D eigenvalue weighted by Crippen LogP contribution is -2.39. The molecule has 0 saturated carbocycles. The van der Waals surface area contributed by atoms with E-state index in [0.29, 0.717) is 0 Å². The first-order valence-corrected chi connectivity index (χ1v) is 7.90. The van der Waals surface area contributed by atoms with E-state index in [-0.39, 0.29) is 0 Å². The van der Waals surface area contributed by atoms with Crippen molar-refractivity contribution >= 4 is 0 Å². The van der Waals surface area contributed by atoms with E-state index in [1.807, 2.05) is 6.07 Å². The minimum Gasteiger partial charge on any atom is -0.492 e. The van der Waals surface area contributed by atoms with Crippen LogP contribution in [0.2, 0.25) is 0 Å². The maximum absolute atomic E-state index is 5.83. The average molecular weight is 276 g/mol. The van der Waals surface area contributed by atoms with E-state index < -0.39 is 0 Å². The van der Waals surface area contributed by atoms with Gasteiger partial charge in [0.2, 0.25) is 0 Å². The first kappa shape index (κ1) is 15.3. The van der Waals surface area contributed by atoms with Gasteiger partial charge in [-0.25, -0.2) is 0 Å². The van der Waals surface area contributed by atoms with Crippen LogP contribution in [0.3, 0.4) is 0 Å². The number of likely N-dealkylation sites (tertiary alicyclic amines) is 1. The Morgan fingerprint density at radius 3 is 2.80 bits per heavy atom. The molecule has 1 fully saturated rings. The fourth-order valence-electron chi connectivity index (χ4n) is 2.76. The number of nitrogens with one attached hydrogen (secondary N) is 1. The molecule has 0 atom stereocenters. The molecule has 0 spiro atoms. The van der Waals surface area contributed by atoms with Gasteiger partial charge in [-0.2, -0.15) is 0 Å². The molecule has 0 aliphatic carbocycles. The molecule has 1 heterocycles. The molecule has 1 aliphatic heterocycles. The van der Waals surface area contributed by atoms with Gasteiger partial charge in [0, 0.05) is 6.54 Å². The topological polar surface area (TPSA) is 24.5 Å². The van der Waals surface area contributed by atoms with Gasteiger partial charge in [0.15, 0.2) is 0 Å². The Morgan fingerprint density at radius 2 is 2.10 bits per heavy atom. The Morgan fingerprint density at radius 1 is 1.30 bits per heavy atom. The number of aryl methyl sites for hydroxylation is 1. The van der Waals surface area contributed by atoms with Crippen LogP contribution in [0.1, 0.15) is 25.3 Å². The lowest BCUT2D eigenvalue weighted by atomic mass is 9.97. The summed E-state index contributed by atoms with van der Waals surface area (Å²) in [4.78, 5) is 2.53. The molecule has 112 valence electrons. The molecule has 1 aromatic rings. The Labute approximate surface area is 123 Å². The van der Waals surface area contributed by atoms with Gasteiger partial charge >= 0.3 is 0 Å². The molecule has 1 aromatic carbocycles. The number of hydrogen-bond acceptors (Lipinski definition) is 3. The normalized spacial score (nSPS) is 17.3. The Kier molecular flexibility index (Phi) is 6.34. The largest absolute Gasteiger partial charge is 0.492 e. The van der Waals surface area contributed by atoms with Gasteiger partial charge in [-0.05, 0) is 69.6 Å². The van der Waals surface area contributed by atoms with Crippen molar-refractivity contribution in [3.63, 3.8) is 0 Å². The van der Waals surface area contributed by atoms with Gasteiger partial charge in [-0.3, -0.25) is 4.90 Å².